The summed E-state index contributed by atoms with van der Waals surface area (Å²) in [5, 5.41) is 0. The maximum Gasteiger partial charge on any atom is 0.414 e. The van der Waals surface area contributed by atoms with Gasteiger partial charge in [0, 0.05) is 12.0 Å². The van der Waals surface area contributed by atoms with Crippen molar-refractivity contribution in [3.8, 4) is 16.9 Å². The molecule has 0 radical (unpaired) electrons. The Labute approximate surface area is 195 Å². The molecule has 34 heavy (non-hydrogen) atoms. The van der Waals surface area contributed by atoms with Crippen molar-refractivity contribution in [1.82, 2.24) is 0 Å². The SMILES string of the molecule is NC(=O)CCC1CN(c2ccc(-c3ccc(OCc4ccccc4)c(=O)cc3)c(F)c2)C(=O)O1. The number of anilines is 1. The number of rotatable bonds is 8. The lowest BCUT2D eigenvalue weighted by atomic mass is 10.1. The summed E-state index contributed by atoms with van der Waals surface area (Å²) in [6, 6.07) is 19.8. The minimum absolute atomic E-state index is 0.100. The van der Waals surface area contributed by atoms with Gasteiger partial charge in [-0.2, -0.15) is 0 Å². The molecule has 7 nitrogen and oxygen atoms in total. The lowest BCUT2D eigenvalue weighted by molar-refractivity contribution is -0.118. The Kier molecular flexibility index (Phi) is 6.87. The lowest BCUT2D eigenvalue weighted by Crippen LogP contribution is -2.25. The van der Waals surface area contributed by atoms with E-state index in [1.54, 1.807) is 18.2 Å². The van der Waals surface area contributed by atoms with Gasteiger partial charge in [0.15, 0.2) is 5.75 Å². The molecule has 2 N–H and O–H groups in total. The van der Waals surface area contributed by atoms with Gasteiger partial charge in [-0.3, -0.25) is 14.5 Å². The number of primary amides is 1. The van der Waals surface area contributed by atoms with Crippen LogP contribution in [0.15, 0.2) is 77.6 Å². The van der Waals surface area contributed by atoms with Gasteiger partial charge in [-0.25, -0.2) is 9.18 Å². The number of amides is 2. The average molecular weight is 462 g/mol. The minimum atomic E-state index is -0.607. The summed E-state index contributed by atoms with van der Waals surface area (Å²) >= 11 is 0. The van der Waals surface area contributed by atoms with Crippen molar-refractivity contribution in [3.63, 3.8) is 0 Å². The van der Waals surface area contributed by atoms with Crippen molar-refractivity contribution >= 4 is 17.7 Å². The van der Waals surface area contributed by atoms with Gasteiger partial charge in [0.25, 0.3) is 0 Å². The highest BCUT2D eigenvalue weighted by Gasteiger charge is 2.32. The summed E-state index contributed by atoms with van der Waals surface area (Å²) < 4.78 is 25.9. The van der Waals surface area contributed by atoms with Crippen molar-refractivity contribution in [3.05, 3.63) is 94.4 Å². The van der Waals surface area contributed by atoms with E-state index in [1.165, 1.54) is 29.2 Å². The van der Waals surface area contributed by atoms with Crippen LogP contribution in [-0.4, -0.2) is 24.6 Å². The zero-order valence-electron chi connectivity index (χ0n) is 18.3. The Bertz CT molecular complexity index is 1270. The highest BCUT2D eigenvalue weighted by atomic mass is 19.1. The summed E-state index contributed by atoms with van der Waals surface area (Å²) in [6.45, 7) is 0.442. The van der Waals surface area contributed by atoms with Crippen LogP contribution in [0.1, 0.15) is 18.4 Å². The molecule has 3 aromatic carbocycles. The van der Waals surface area contributed by atoms with Crippen LogP contribution in [-0.2, 0) is 16.1 Å². The fraction of sp³-hybridized carbons (Fsp3) is 0.192. The minimum Gasteiger partial charge on any atom is -0.485 e. The first-order chi connectivity index (χ1) is 16.4. The molecule has 1 fully saturated rings. The molecule has 0 aliphatic carbocycles. The number of nitrogens with two attached hydrogens (primary N) is 1. The van der Waals surface area contributed by atoms with Gasteiger partial charge in [-0.15, -0.1) is 0 Å². The van der Waals surface area contributed by atoms with E-state index in [2.05, 4.69) is 0 Å². The molecular formula is C26H23FN2O5. The normalized spacial score (nSPS) is 15.1. The highest BCUT2D eigenvalue weighted by Crippen LogP contribution is 2.29. The largest absolute Gasteiger partial charge is 0.485 e. The van der Waals surface area contributed by atoms with E-state index in [9.17, 15) is 14.4 Å². The third kappa shape index (κ3) is 5.40. The first kappa shape index (κ1) is 23.0. The van der Waals surface area contributed by atoms with Crippen LogP contribution in [0.4, 0.5) is 14.9 Å². The molecule has 1 unspecified atom stereocenters. The summed E-state index contributed by atoms with van der Waals surface area (Å²) in [4.78, 5) is 36.9. The molecule has 1 saturated heterocycles. The molecule has 174 valence electrons. The summed E-state index contributed by atoms with van der Waals surface area (Å²) in [6.07, 6.45) is -0.682. The Morgan fingerprint density at radius 2 is 1.82 bits per heavy atom. The van der Waals surface area contributed by atoms with Crippen molar-refractivity contribution in [2.45, 2.75) is 25.6 Å². The maximum atomic E-state index is 15.0. The summed E-state index contributed by atoms with van der Waals surface area (Å²) in [5.41, 5.74) is 6.84. The number of halogens is 1. The second kappa shape index (κ2) is 10.2. The van der Waals surface area contributed by atoms with Gasteiger partial charge in [0.2, 0.25) is 11.3 Å². The van der Waals surface area contributed by atoms with Crippen molar-refractivity contribution in [1.29, 1.82) is 0 Å². The molecule has 1 aliphatic heterocycles. The summed E-state index contributed by atoms with van der Waals surface area (Å²) in [7, 11) is 0. The number of carbonyl (C=O) groups is 2. The number of hydrogen-bond acceptors (Lipinski definition) is 5. The monoisotopic (exact) mass is 462 g/mol. The van der Waals surface area contributed by atoms with Crippen LogP contribution in [0.3, 0.4) is 0 Å². The Morgan fingerprint density at radius 3 is 2.56 bits per heavy atom. The van der Waals surface area contributed by atoms with Crippen LogP contribution < -0.4 is 20.8 Å². The molecule has 0 bridgehead atoms. The second-order valence-corrected chi connectivity index (χ2v) is 7.91. The smallest absolute Gasteiger partial charge is 0.414 e. The predicted octanol–water partition coefficient (Wildman–Crippen LogP) is 4.02. The number of benzene rings is 2. The number of ether oxygens (including phenoxy) is 2. The number of carbonyl (C=O) groups excluding carboxylic acids is 2. The molecule has 8 heteroatoms. The van der Waals surface area contributed by atoms with Gasteiger partial charge in [-0.1, -0.05) is 42.5 Å². The Hall–Kier alpha value is -4.20. The molecule has 3 aromatic rings. The van der Waals surface area contributed by atoms with E-state index in [1.807, 2.05) is 30.3 Å². The third-order valence-electron chi connectivity index (χ3n) is 5.47. The topological polar surface area (TPSA) is 98.9 Å². The van der Waals surface area contributed by atoms with Gasteiger partial charge < -0.3 is 15.2 Å². The molecule has 0 saturated carbocycles. The van der Waals surface area contributed by atoms with Crippen LogP contribution >= 0.6 is 0 Å². The fourth-order valence-electron chi connectivity index (χ4n) is 3.68. The Balaban J connectivity index is 1.50. The molecule has 2 amide bonds. The zero-order chi connectivity index (χ0) is 24.1. The van der Waals surface area contributed by atoms with E-state index in [0.29, 0.717) is 17.7 Å². The van der Waals surface area contributed by atoms with Crippen molar-refractivity contribution < 1.29 is 23.5 Å². The average Bonchev–Trinajstić information content (AvgIpc) is 3.10. The van der Waals surface area contributed by atoms with E-state index >= 15 is 4.39 Å². The molecule has 1 atom stereocenters. The zero-order valence-corrected chi connectivity index (χ0v) is 18.3. The molecule has 1 heterocycles. The fourth-order valence-corrected chi connectivity index (χ4v) is 3.68. The van der Waals surface area contributed by atoms with Crippen LogP contribution in [0.25, 0.3) is 11.1 Å². The highest BCUT2D eigenvalue weighted by molar-refractivity contribution is 5.90. The molecule has 0 aromatic heterocycles. The van der Waals surface area contributed by atoms with Crippen LogP contribution in [0.5, 0.6) is 5.75 Å². The standard InChI is InChI=1S/C26H23FN2O5/c27-22-14-19(29-15-20(34-26(29)32)9-13-25(28)31)8-10-21(22)18-6-11-23(30)24(12-7-18)33-16-17-4-2-1-3-5-17/h1-8,10-12,14,20H,9,13,15-16H2,(H2,28,31). The van der Waals surface area contributed by atoms with Gasteiger partial charge >= 0.3 is 6.09 Å². The number of cyclic esters (lactones) is 1. The quantitative estimate of drug-likeness (QED) is 0.545. The van der Waals surface area contributed by atoms with Gasteiger partial charge in [-0.05, 0) is 47.9 Å². The summed E-state index contributed by atoms with van der Waals surface area (Å²) in [5.74, 6) is -0.874. The van der Waals surface area contributed by atoms with E-state index in [4.69, 9.17) is 15.2 Å². The second-order valence-electron chi connectivity index (χ2n) is 7.91. The molecule has 4 rings (SSSR count). The van der Waals surface area contributed by atoms with Gasteiger partial charge in [0.1, 0.15) is 18.5 Å². The Morgan fingerprint density at radius 1 is 1.06 bits per heavy atom. The van der Waals surface area contributed by atoms with E-state index in [-0.39, 0.29) is 36.3 Å². The molecule has 0 spiro atoms. The van der Waals surface area contributed by atoms with Crippen LogP contribution in [0.2, 0.25) is 0 Å². The first-order valence-electron chi connectivity index (χ1n) is 10.8. The predicted molar refractivity (Wildman–Crippen MR) is 125 cm³/mol. The molecular weight excluding hydrogens is 439 g/mol. The lowest BCUT2D eigenvalue weighted by Gasteiger charge is -2.14. The maximum absolute atomic E-state index is 15.0. The van der Waals surface area contributed by atoms with Gasteiger partial charge in [0.05, 0.1) is 12.2 Å². The van der Waals surface area contributed by atoms with Crippen molar-refractivity contribution in [2.24, 2.45) is 5.73 Å². The van der Waals surface area contributed by atoms with E-state index in [0.717, 1.165) is 5.56 Å². The van der Waals surface area contributed by atoms with Crippen LogP contribution in [0, 0.1) is 5.82 Å². The number of nitrogens with zero attached hydrogens (tertiary/aromatic N) is 1. The molecule has 1 aliphatic rings. The third-order valence-corrected chi connectivity index (χ3v) is 5.47. The van der Waals surface area contributed by atoms with E-state index < -0.39 is 23.9 Å². The first-order valence-corrected chi connectivity index (χ1v) is 10.8. The van der Waals surface area contributed by atoms with Crippen molar-refractivity contribution in [2.75, 3.05) is 11.4 Å². The number of hydrogen-bond donors (Lipinski definition) is 1.